The molecule has 9 N–H and O–H groups in total. The summed E-state index contributed by atoms with van der Waals surface area (Å²) in [5.74, 6) is -3.20. The molecule has 3 heterocycles. The van der Waals surface area contributed by atoms with Crippen LogP contribution in [0.25, 0.3) is 32.7 Å². The zero-order valence-electron chi connectivity index (χ0n) is 26.4. The van der Waals surface area contributed by atoms with Gasteiger partial charge >= 0.3 is 5.97 Å². The average molecular weight is 680 g/mol. The van der Waals surface area contributed by atoms with E-state index in [1.54, 1.807) is 18.6 Å². The number of H-pyrrole nitrogens is 3. The van der Waals surface area contributed by atoms with Crippen molar-refractivity contribution in [2.45, 2.75) is 43.4 Å². The maximum atomic E-state index is 13.8. The van der Waals surface area contributed by atoms with Gasteiger partial charge in [0.2, 0.25) is 17.7 Å². The number of aromatic nitrogens is 3. The van der Waals surface area contributed by atoms with E-state index >= 15 is 0 Å². The molecule has 3 amide bonds. The Morgan fingerprint density at radius 3 is 1.45 bits per heavy atom. The van der Waals surface area contributed by atoms with Crippen LogP contribution in [0.2, 0.25) is 0 Å². The topological polar surface area (TPSA) is 198 Å². The maximum Gasteiger partial charge on any atom is 0.326 e. The molecule has 0 spiro atoms. The Balaban J connectivity index is 1.18. The molecule has 0 aliphatic rings. The van der Waals surface area contributed by atoms with Gasteiger partial charge in [-0.05, 0) is 41.3 Å². The molecule has 4 atom stereocenters. The maximum absolute atomic E-state index is 13.8. The molecule has 0 bridgehead atoms. The normalized spacial score (nSPS) is 13.9. The molecular formula is C36H37N7O5S. The van der Waals surface area contributed by atoms with Gasteiger partial charge in [-0.2, -0.15) is 12.6 Å². The first-order valence-electron chi connectivity index (χ1n) is 15.9. The lowest BCUT2D eigenvalue weighted by atomic mass is 10.0. The van der Waals surface area contributed by atoms with Crippen molar-refractivity contribution in [3.63, 3.8) is 0 Å². The Bertz CT molecular complexity index is 2140. The summed E-state index contributed by atoms with van der Waals surface area (Å²) in [6, 6.07) is 18.1. The Morgan fingerprint density at radius 2 is 0.980 bits per heavy atom. The number of carbonyl (C=O) groups is 4. The van der Waals surface area contributed by atoms with E-state index in [4.69, 9.17) is 5.73 Å². The molecule has 0 saturated carbocycles. The Morgan fingerprint density at radius 1 is 0.592 bits per heavy atom. The quantitative estimate of drug-likeness (QED) is 0.0793. The number of aromatic amines is 3. The van der Waals surface area contributed by atoms with E-state index in [0.29, 0.717) is 0 Å². The smallest absolute Gasteiger partial charge is 0.326 e. The number of nitrogens with two attached hydrogens (primary N) is 1. The lowest BCUT2D eigenvalue weighted by Gasteiger charge is -2.24. The van der Waals surface area contributed by atoms with Crippen LogP contribution in [-0.2, 0) is 38.4 Å². The van der Waals surface area contributed by atoms with Gasteiger partial charge in [-0.15, -0.1) is 0 Å². The molecule has 0 fully saturated rings. The van der Waals surface area contributed by atoms with Crippen LogP contribution in [0.4, 0.5) is 0 Å². The van der Waals surface area contributed by atoms with E-state index in [1.807, 2.05) is 72.8 Å². The number of para-hydroxylation sites is 3. The number of aliphatic carboxylic acids is 1. The number of fused-ring (bicyclic) bond motifs is 3. The molecule has 0 saturated heterocycles. The second kappa shape index (κ2) is 14.7. The lowest BCUT2D eigenvalue weighted by molar-refractivity contribution is -0.142. The van der Waals surface area contributed by atoms with Crippen molar-refractivity contribution in [2.75, 3.05) is 5.75 Å². The van der Waals surface area contributed by atoms with Crippen molar-refractivity contribution >= 4 is 69.0 Å². The molecule has 0 aliphatic carbocycles. The van der Waals surface area contributed by atoms with Crippen molar-refractivity contribution in [1.29, 1.82) is 0 Å². The van der Waals surface area contributed by atoms with Crippen LogP contribution in [0.3, 0.4) is 0 Å². The summed E-state index contributed by atoms with van der Waals surface area (Å²) in [5.41, 5.74) is 11.2. The standard InChI is InChI=1S/C36H37N7O5S/c37-26(13-20-16-38-27-10-4-1-7-23(20)27)33(44)43-32(19-49)35(46)41-30(14-21-17-39-28-11-5-2-8-24(21)28)34(45)42-31(36(47)48)15-22-18-40-29-12-6-3-9-25(22)29/h1-12,16-18,26,30-32,38-40,49H,13-15,19,37H2,(H,41,46)(H,42,45)(H,43,44)(H,47,48)/t26-,30-,31-,32-/m0/s1. The Hall–Kier alpha value is -5.53. The highest BCUT2D eigenvalue weighted by Gasteiger charge is 2.31. The van der Waals surface area contributed by atoms with Crippen LogP contribution in [0.15, 0.2) is 91.4 Å². The molecule has 0 radical (unpaired) electrons. The van der Waals surface area contributed by atoms with Crippen LogP contribution >= 0.6 is 12.6 Å². The Kier molecular flexibility index (Phi) is 10.0. The summed E-state index contributed by atoms with van der Waals surface area (Å²) in [6.07, 6.45) is 5.57. The molecule has 252 valence electrons. The number of hydrogen-bond acceptors (Lipinski definition) is 6. The summed E-state index contributed by atoms with van der Waals surface area (Å²) < 4.78 is 0. The number of benzene rings is 3. The minimum absolute atomic E-state index is 0.0163. The van der Waals surface area contributed by atoms with Gasteiger partial charge in [0.15, 0.2) is 0 Å². The highest BCUT2D eigenvalue weighted by molar-refractivity contribution is 7.80. The van der Waals surface area contributed by atoms with E-state index in [1.165, 1.54) is 0 Å². The van der Waals surface area contributed by atoms with Gasteiger partial charge < -0.3 is 41.7 Å². The predicted molar refractivity (Wildman–Crippen MR) is 191 cm³/mol. The van der Waals surface area contributed by atoms with Crippen molar-refractivity contribution in [3.8, 4) is 0 Å². The van der Waals surface area contributed by atoms with E-state index in [0.717, 1.165) is 49.4 Å². The van der Waals surface area contributed by atoms with Gasteiger partial charge in [0, 0.05) is 69.9 Å². The molecular weight excluding hydrogens is 643 g/mol. The Labute approximate surface area is 286 Å². The highest BCUT2D eigenvalue weighted by atomic mass is 32.1. The zero-order chi connectivity index (χ0) is 34.5. The van der Waals surface area contributed by atoms with Crippen LogP contribution in [0.1, 0.15) is 16.7 Å². The third kappa shape index (κ3) is 7.47. The third-order valence-corrected chi connectivity index (χ3v) is 9.08. The first kappa shape index (κ1) is 33.4. The SMILES string of the molecule is N[C@@H](Cc1c[nH]c2ccccc12)C(=O)N[C@@H](CS)C(=O)N[C@@H](Cc1c[nH]c2ccccc12)C(=O)N[C@@H](Cc1c[nH]c2ccccc12)C(=O)O. The molecule has 6 rings (SSSR count). The number of carboxylic acid groups (broad SMARTS) is 1. The molecule has 49 heavy (non-hydrogen) atoms. The fourth-order valence-corrected chi connectivity index (χ4v) is 6.35. The summed E-state index contributed by atoms with van der Waals surface area (Å²) in [7, 11) is 0. The van der Waals surface area contributed by atoms with Gasteiger partial charge in [-0.25, -0.2) is 4.79 Å². The minimum atomic E-state index is -1.28. The molecule has 0 unspecified atom stereocenters. The second-order valence-corrected chi connectivity index (χ2v) is 12.4. The van der Waals surface area contributed by atoms with Crippen molar-refractivity contribution < 1.29 is 24.3 Å². The van der Waals surface area contributed by atoms with Crippen molar-refractivity contribution in [1.82, 2.24) is 30.9 Å². The molecule has 6 aromatic rings. The largest absolute Gasteiger partial charge is 0.480 e. The summed E-state index contributed by atoms with van der Waals surface area (Å²) in [6.45, 7) is 0. The number of rotatable bonds is 14. The number of carbonyl (C=O) groups excluding carboxylic acids is 3. The van der Waals surface area contributed by atoms with Crippen LogP contribution < -0.4 is 21.7 Å². The fourth-order valence-electron chi connectivity index (χ4n) is 6.10. The van der Waals surface area contributed by atoms with Crippen LogP contribution in [-0.4, -0.2) is 73.7 Å². The van der Waals surface area contributed by atoms with Crippen LogP contribution in [0.5, 0.6) is 0 Å². The molecule has 12 nitrogen and oxygen atoms in total. The van der Waals surface area contributed by atoms with E-state index in [2.05, 4.69) is 43.5 Å². The van der Waals surface area contributed by atoms with E-state index in [-0.39, 0.29) is 25.0 Å². The van der Waals surface area contributed by atoms with Crippen molar-refractivity contribution in [2.24, 2.45) is 5.73 Å². The number of hydrogen-bond donors (Lipinski definition) is 9. The number of nitrogens with one attached hydrogen (secondary N) is 6. The monoisotopic (exact) mass is 679 g/mol. The summed E-state index contributed by atoms with van der Waals surface area (Å²) in [4.78, 5) is 62.4. The van der Waals surface area contributed by atoms with Gasteiger partial charge in [-0.3, -0.25) is 14.4 Å². The lowest BCUT2D eigenvalue weighted by Crippen LogP contribution is -2.58. The average Bonchev–Trinajstić information content (AvgIpc) is 3.83. The van der Waals surface area contributed by atoms with Gasteiger partial charge in [0.05, 0.1) is 6.04 Å². The summed E-state index contributed by atoms with van der Waals surface area (Å²) >= 11 is 4.30. The van der Waals surface area contributed by atoms with E-state index in [9.17, 15) is 24.3 Å². The molecule has 3 aromatic carbocycles. The third-order valence-electron chi connectivity index (χ3n) is 8.71. The molecule has 13 heteroatoms. The fraction of sp³-hybridized carbons (Fsp3) is 0.222. The molecule has 3 aromatic heterocycles. The van der Waals surface area contributed by atoms with Gasteiger partial charge in [0.25, 0.3) is 0 Å². The van der Waals surface area contributed by atoms with E-state index < -0.39 is 47.9 Å². The van der Waals surface area contributed by atoms with Crippen molar-refractivity contribution in [3.05, 3.63) is 108 Å². The number of thiol groups is 1. The predicted octanol–water partition coefficient (Wildman–Crippen LogP) is 2.95. The van der Waals surface area contributed by atoms with Crippen LogP contribution in [0, 0.1) is 0 Å². The first-order chi connectivity index (χ1) is 23.7. The molecule has 0 aliphatic heterocycles. The number of carboxylic acids is 1. The highest BCUT2D eigenvalue weighted by Crippen LogP contribution is 2.22. The minimum Gasteiger partial charge on any atom is -0.480 e. The second-order valence-electron chi connectivity index (χ2n) is 12.0. The zero-order valence-corrected chi connectivity index (χ0v) is 27.3. The first-order valence-corrected chi connectivity index (χ1v) is 16.5. The van der Waals surface area contributed by atoms with Gasteiger partial charge in [-0.1, -0.05) is 54.6 Å². The number of amides is 3. The summed E-state index contributed by atoms with van der Waals surface area (Å²) in [5, 5.41) is 20.8. The van der Waals surface area contributed by atoms with Gasteiger partial charge in [0.1, 0.15) is 18.1 Å².